The van der Waals surface area contributed by atoms with Gasteiger partial charge in [0, 0.05) is 48.0 Å². The lowest BCUT2D eigenvalue weighted by Gasteiger charge is -2.10. The van der Waals surface area contributed by atoms with E-state index < -0.39 is 0 Å². The number of aromatic nitrogens is 5. The maximum Gasteiger partial charge on any atom is 0.180 e. The Labute approximate surface area is 156 Å². The summed E-state index contributed by atoms with van der Waals surface area (Å²) in [6.45, 7) is 2.08. The number of fused-ring (bicyclic) bond motifs is 2. The van der Waals surface area contributed by atoms with E-state index in [1.807, 2.05) is 64.9 Å². The van der Waals surface area contributed by atoms with Crippen LogP contribution in [-0.4, -0.2) is 24.1 Å². The standard InChI is InChI=1S/C21H18N6/c1-14-17-12-15(8-9-18(17)25-26(14)2)19-13-27-11-10-22-21(27)20(24-19)23-16-6-4-3-5-7-16/h3-13H,1-2H3,(H,23,24). The van der Waals surface area contributed by atoms with Crippen LogP contribution in [0.1, 0.15) is 5.69 Å². The van der Waals surface area contributed by atoms with E-state index in [0.29, 0.717) is 0 Å². The largest absolute Gasteiger partial charge is 0.337 e. The molecule has 0 aliphatic rings. The van der Waals surface area contributed by atoms with Gasteiger partial charge in [-0.15, -0.1) is 0 Å². The fourth-order valence-electron chi connectivity index (χ4n) is 3.30. The highest BCUT2D eigenvalue weighted by atomic mass is 15.3. The highest BCUT2D eigenvalue weighted by Gasteiger charge is 2.12. The van der Waals surface area contributed by atoms with Crippen molar-refractivity contribution in [2.75, 3.05) is 5.32 Å². The number of rotatable bonds is 3. The van der Waals surface area contributed by atoms with E-state index in [9.17, 15) is 0 Å². The van der Waals surface area contributed by atoms with Gasteiger partial charge in [0.15, 0.2) is 11.5 Å². The van der Waals surface area contributed by atoms with E-state index >= 15 is 0 Å². The minimum atomic E-state index is 0.728. The molecule has 0 saturated heterocycles. The summed E-state index contributed by atoms with van der Waals surface area (Å²) >= 11 is 0. The molecular formula is C21H18N6. The van der Waals surface area contributed by atoms with Crippen LogP contribution in [0.2, 0.25) is 0 Å². The first-order chi connectivity index (χ1) is 13.2. The normalized spacial score (nSPS) is 11.3. The maximum atomic E-state index is 4.86. The molecule has 0 spiro atoms. The second kappa shape index (κ2) is 5.95. The highest BCUT2D eigenvalue weighted by molar-refractivity contribution is 5.86. The molecular weight excluding hydrogens is 336 g/mol. The molecule has 6 nitrogen and oxygen atoms in total. The van der Waals surface area contributed by atoms with Crippen molar-refractivity contribution >= 4 is 28.1 Å². The van der Waals surface area contributed by atoms with Gasteiger partial charge >= 0.3 is 0 Å². The van der Waals surface area contributed by atoms with E-state index in [4.69, 9.17) is 4.98 Å². The molecule has 0 bridgehead atoms. The average Bonchev–Trinajstić information content (AvgIpc) is 3.27. The van der Waals surface area contributed by atoms with Gasteiger partial charge in [-0.1, -0.05) is 24.3 Å². The molecule has 0 aliphatic heterocycles. The summed E-state index contributed by atoms with van der Waals surface area (Å²) in [4.78, 5) is 9.30. The summed E-state index contributed by atoms with van der Waals surface area (Å²) < 4.78 is 3.90. The van der Waals surface area contributed by atoms with Gasteiger partial charge in [0.2, 0.25) is 0 Å². The molecule has 0 aliphatic carbocycles. The van der Waals surface area contributed by atoms with Gasteiger partial charge in [0.1, 0.15) is 0 Å². The Hall–Kier alpha value is -3.67. The van der Waals surface area contributed by atoms with Crippen LogP contribution in [0.4, 0.5) is 11.5 Å². The molecule has 0 amide bonds. The van der Waals surface area contributed by atoms with E-state index in [0.717, 1.165) is 45.0 Å². The van der Waals surface area contributed by atoms with Crippen LogP contribution < -0.4 is 5.32 Å². The Kier molecular flexibility index (Phi) is 3.43. The maximum absolute atomic E-state index is 4.86. The minimum Gasteiger partial charge on any atom is -0.337 e. The Balaban J connectivity index is 1.66. The van der Waals surface area contributed by atoms with Gasteiger partial charge in [-0.05, 0) is 31.2 Å². The number of para-hydroxylation sites is 1. The Morgan fingerprint density at radius 3 is 2.74 bits per heavy atom. The molecule has 6 heteroatoms. The highest BCUT2D eigenvalue weighted by Crippen LogP contribution is 2.28. The molecule has 0 atom stereocenters. The topological polar surface area (TPSA) is 60.0 Å². The molecule has 0 saturated carbocycles. The molecule has 0 radical (unpaired) electrons. The van der Waals surface area contributed by atoms with Crippen LogP contribution in [0, 0.1) is 6.92 Å². The molecule has 3 aromatic heterocycles. The number of aryl methyl sites for hydroxylation is 2. The SMILES string of the molecule is Cc1c2cc(-c3cn4ccnc4c(Nc4ccccc4)n3)ccc2nn1C. The van der Waals surface area contributed by atoms with E-state index in [2.05, 4.69) is 34.5 Å². The predicted octanol–water partition coefficient (Wildman–Crippen LogP) is 4.34. The van der Waals surface area contributed by atoms with Crippen LogP contribution in [0.15, 0.2) is 67.1 Å². The molecule has 0 fully saturated rings. The summed E-state index contributed by atoms with van der Waals surface area (Å²) in [7, 11) is 1.96. The summed E-state index contributed by atoms with van der Waals surface area (Å²) in [6, 6.07) is 16.3. The summed E-state index contributed by atoms with van der Waals surface area (Å²) in [6.07, 6.45) is 5.72. The molecule has 27 heavy (non-hydrogen) atoms. The Morgan fingerprint density at radius 1 is 1.04 bits per heavy atom. The van der Waals surface area contributed by atoms with Gasteiger partial charge in [0.05, 0.1) is 11.2 Å². The van der Waals surface area contributed by atoms with Crippen LogP contribution in [0.25, 0.3) is 27.8 Å². The lowest BCUT2D eigenvalue weighted by Crippen LogP contribution is -2.00. The number of hydrogen-bond acceptors (Lipinski definition) is 4. The molecule has 5 aromatic rings. The zero-order valence-electron chi connectivity index (χ0n) is 15.1. The van der Waals surface area contributed by atoms with Crippen LogP contribution in [0.3, 0.4) is 0 Å². The number of nitrogens with zero attached hydrogens (tertiary/aromatic N) is 5. The molecule has 3 heterocycles. The quantitative estimate of drug-likeness (QED) is 0.524. The fourth-order valence-corrected chi connectivity index (χ4v) is 3.30. The van der Waals surface area contributed by atoms with E-state index in [1.54, 1.807) is 6.20 Å². The van der Waals surface area contributed by atoms with Crippen LogP contribution in [0.5, 0.6) is 0 Å². The van der Waals surface area contributed by atoms with E-state index in [-0.39, 0.29) is 0 Å². The van der Waals surface area contributed by atoms with Gasteiger partial charge in [-0.25, -0.2) is 9.97 Å². The first-order valence-corrected chi connectivity index (χ1v) is 8.78. The molecule has 2 aromatic carbocycles. The first-order valence-electron chi connectivity index (χ1n) is 8.78. The van der Waals surface area contributed by atoms with Crippen molar-refractivity contribution in [3.8, 4) is 11.3 Å². The third kappa shape index (κ3) is 2.62. The van der Waals surface area contributed by atoms with Crippen molar-refractivity contribution in [3.63, 3.8) is 0 Å². The lowest BCUT2D eigenvalue weighted by molar-refractivity contribution is 0.751. The average molecular weight is 354 g/mol. The fraction of sp³-hybridized carbons (Fsp3) is 0.0952. The van der Waals surface area contributed by atoms with Gasteiger partial charge in [0.25, 0.3) is 0 Å². The summed E-state index contributed by atoms with van der Waals surface area (Å²) in [5, 5.41) is 9.06. The van der Waals surface area contributed by atoms with Crippen molar-refractivity contribution in [3.05, 3.63) is 72.8 Å². The first kappa shape index (κ1) is 15.6. The molecule has 1 N–H and O–H groups in total. The van der Waals surface area contributed by atoms with Crippen molar-refractivity contribution in [1.29, 1.82) is 0 Å². The second-order valence-corrected chi connectivity index (χ2v) is 6.56. The van der Waals surface area contributed by atoms with Crippen molar-refractivity contribution in [2.24, 2.45) is 7.05 Å². The second-order valence-electron chi connectivity index (χ2n) is 6.56. The van der Waals surface area contributed by atoms with E-state index in [1.165, 1.54) is 0 Å². The number of hydrogen-bond donors (Lipinski definition) is 1. The Bertz CT molecular complexity index is 1270. The van der Waals surface area contributed by atoms with Crippen molar-refractivity contribution in [1.82, 2.24) is 24.1 Å². The summed E-state index contributed by atoms with van der Waals surface area (Å²) in [5.41, 5.74) is 5.82. The zero-order valence-corrected chi connectivity index (χ0v) is 15.1. The molecule has 5 rings (SSSR count). The number of nitrogens with one attached hydrogen (secondary N) is 1. The zero-order chi connectivity index (χ0) is 18.4. The predicted molar refractivity (Wildman–Crippen MR) is 107 cm³/mol. The number of anilines is 2. The van der Waals surface area contributed by atoms with Gasteiger partial charge in [-0.3, -0.25) is 4.68 Å². The van der Waals surface area contributed by atoms with Crippen molar-refractivity contribution in [2.45, 2.75) is 6.92 Å². The number of imidazole rings is 1. The number of benzene rings is 2. The molecule has 0 unspecified atom stereocenters. The van der Waals surface area contributed by atoms with Crippen molar-refractivity contribution < 1.29 is 0 Å². The minimum absolute atomic E-state index is 0.728. The third-order valence-corrected chi connectivity index (χ3v) is 4.84. The molecule has 132 valence electrons. The Morgan fingerprint density at radius 2 is 1.89 bits per heavy atom. The van der Waals surface area contributed by atoms with Crippen LogP contribution >= 0.6 is 0 Å². The lowest BCUT2D eigenvalue weighted by atomic mass is 10.1. The summed E-state index contributed by atoms with van der Waals surface area (Å²) in [5.74, 6) is 0.728. The van der Waals surface area contributed by atoms with Crippen LogP contribution in [-0.2, 0) is 7.05 Å². The third-order valence-electron chi connectivity index (χ3n) is 4.84. The van der Waals surface area contributed by atoms with Gasteiger partial charge in [-0.2, -0.15) is 5.10 Å². The smallest absolute Gasteiger partial charge is 0.180 e. The monoisotopic (exact) mass is 354 g/mol. The van der Waals surface area contributed by atoms with Gasteiger partial charge < -0.3 is 9.72 Å².